The second-order valence-electron chi connectivity index (χ2n) is 6.93. The molecular formula is C17H22N6O2. The van der Waals surface area contributed by atoms with Gasteiger partial charge in [-0.25, -0.2) is 4.68 Å². The number of nitrogens with one attached hydrogen (secondary N) is 1. The van der Waals surface area contributed by atoms with Crippen LogP contribution in [0.3, 0.4) is 0 Å². The Labute approximate surface area is 145 Å². The molecule has 1 N–H and O–H groups in total. The van der Waals surface area contributed by atoms with Gasteiger partial charge in [0.15, 0.2) is 5.69 Å². The van der Waals surface area contributed by atoms with E-state index in [1.165, 1.54) is 6.20 Å². The minimum Gasteiger partial charge on any atom is -0.337 e. The van der Waals surface area contributed by atoms with Gasteiger partial charge in [-0.15, -0.1) is 0 Å². The van der Waals surface area contributed by atoms with Crippen molar-refractivity contribution in [3.63, 3.8) is 0 Å². The van der Waals surface area contributed by atoms with E-state index < -0.39 is 0 Å². The molecule has 0 aromatic carbocycles. The van der Waals surface area contributed by atoms with Crippen molar-refractivity contribution >= 4 is 5.91 Å². The number of piperidine rings is 1. The first-order valence-corrected chi connectivity index (χ1v) is 8.95. The molecule has 132 valence electrons. The Balaban J connectivity index is 1.39. The van der Waals surface area contributed by atoms with Gasteiger partial charge >= 0.3 is 0 Å². The molecule has 1 amide bonds. The normalized spacial score (nSPS) is 18.2. The third-order valence-corrected chi connectivity index (χ3v) is 5.24. The van der Waals surface area contributed by atoms with Crippen LogP contribution in [0.4, 0.5) is 0 Å². The quantitative estimate of drug-likeness (QED) is 0.889. The number of carbonyl (C=O) groups excluding carboxylic acids is 1. The number of hydrogen-bond donors (Lipinski definition) is 1. The number of nitrogens with zero attached hydrogens (tertiary/aromatic N) is 5. The van der Waals surface area contributed by atoms with Crippen LogP contribution in [-0.2, 0) is 19.4 Å². The number of rotatable bonds is 3. The van der Waals surface area contributed by atoms with Gasteiger partial charge in [-0.2, -0.15) is 20.5 Å². The molecule has 4 rings (SSSR count). The monoisotopic (exact) mass is 342 g/mol. The largest absolute Gasteiger partial charge is 0.337 e. The van der Waals surface area contributed by atoms with Crippen molar-refractivity contribution in [2.45, 2.75) is 45.1 Å². The van der Waals surface area contributed by atoms with Crippen molar-refractivity contribution in [2.24, 2.45) is 5.92 Å². The third kappa shape index (κ3) is 3.33. The van der Waals surface area contributed by atoms with Crippen LogP contribution in [0.1, 0.15) is 47.4 Å². The molecule has 8 nitrogen and oxygen atoms in total. The van der Waals surface area contributed by atoms with E-state index in [0.717, 1.165) is 49.8 Å². The minimum absolute atomic E-state index is 0.00162. The molecule has 0 atom stereocenters. The summed E-state index contributed by atoms with van der Waals surface area (Å²) in [6.07, 6.45) is 7.44. The van der Waals surface area contributed by atoms with Crippen molar-refractivity contribution in [3.05, 3.63) is 39.6 Å². The predicted molar refractivity (Wildman–Crippen MR) is 90.1 cm³/mol. The van der Waals surface area contributed by atoms with Crippen LogP contribution >= 0.6 is 0 Å². The number of H-pyrrole nitrogens is 1. The first kappa shape index (κ1) is 16.0. The summed E-state index contributed by atoms with van der Waals surface area (Å²) in [7, 11) is 0. The smallest absolute Gasteiger partial charge is 0.276 e. The summed E-state index contributed by atoms with van der Waals surface area (Å²) in [5.41, 5.74) is 2.57. The van der Waals surface area contributed by atoms with Crippen LogP contribution in [0.15, 0.2) is 17.1 Å². The summed E-state index contributed by atoms with van der Waals surface area (Å²) in [6.45, 7) is 1.99. The number of fused-ring (bicyclic) bond motifs is 1. The Morgan fingerprint density at radius 2 is 2.04 bits per heavy atom. The first-order valence-electron chi connectivity index (χ1n) is 8.95. The van der Waals surface area contributed by atoms with Gasteiger partial charge in [0.05, 0.1) is 11.9 Å². The van der Waals surface area contributed by atoms with Gasteiger partial charge in [0.1, 0.15) is 0 Å². The average molecular weight is 342 g/mol. The van der Waals surface area contributed by atoms with Crippen molar-refractivity contribution < 1.29 is 4.79 Å². The summed E-state index contributed by atoms with van der Waals surface area (Å²) in [5, 5.41) is 14.6. The standard InChI is InChI=1S/C17H22N6O2/c24-16-9-13-3-1-2-4-14(13)20-23(16)11-12-5-7-22(8-6-12)17(25)15-10-18-21-19-15/h9-10,12H,1-8,11H2,(H,18,19,21). The van der Waals surface area contributed by atoms with E-state index in [1.807, 2.05) is 0 Å². The molecular weight excluding hydrogens is 320 g/mol. The number of amides is 1. The Kier molecular flexibility index (Phi) is 4.33. The van der Waals surface area contributed by atoms with Crippen molar-refractivity contribution in [1.29, 1.82) is 0 Å². The van der Waals surface area contributed by atoms with Gasteiger partial charge in [-0.1, -0.05) is 0 Å². The van der Waals surface area contributed by atoms with Crippen molar-refractivity contribution in [3.8, 4) is 0 Å². The zero-order valence-electron chi connectivity index (χ0n) is 14.1. The predicted octanol–water partition coefficient (Wildman–Crippen LogP) is 0.793. The fraction of sp³-hybridized carbons (Fsp3) is 0.588. The Morgan fingerprint density at radius 1 is 1.24 bits per heavy atom. The molecule has 2 aromatic rings. The number of aryl methyl sites for hydroxylation is 2. The molecule has 1 aliphatic carbocycles. The highest BCUT2D eigenvalue weighted by molar-refractivity contribution is 5.91. The number of aromatic amines is 1. The van der Waals surface area contributed by atoms with Crippen LogP contribution in [0, 0.1) is 5.92 Å². The van der Waals surface area contributed by atoms with E-state index in [4.69, 9.17) is 0 Å². The van der Waals surface area contributed by atoms with Gasteiger partial charge in [-0.3, -0.25) is 9.59 Å². The first-order chi connectivity index (χ1) is 12.2. The number of aromatic nitrogens is 5. The van der Waals surface area contributed by atoms with Gasteiger partial charge in [0, 0.05) is 25.7 Å². The second kappa shape index (κ2) is 6.78. The van der Waals surface area contributed by atoms with E-state index in [2.05, 4.69) is 20.5 Å². The molecule has 0 bridgehead atoms. The van der Waals surface area contributed by atoms with Crippen LogP contribution < -0.4 is 5.56 Å². The maximum Gasteiger partial charge on any atom is 0.276 e. The SMILES string of the molecule is O=C(c1cn[nH]n1)N1CCC(Cn2nc3c(cc2=O)CCCC3)CC1. The molecule has 0 radical (unpaired) electrons. The van der Waals surface area contributed by atoms with E-state index in [1.54, 1.807) is 15.6 Å². The van der Waals surface area contributed by atoms with Gasteiger partial charge in [0.2, 0.25) is 0 Å². The Bertz CT molecular complexity index is 805. The van der Waals surface area contributed by atoms with Crippen LogP contribution in [-0.4, -0.2) is 49.1 Å². The van der Waals surface area contributed by atoms with E-state index in [0.29, 0.717) is 31.2 Å². The summed E-state index contributed by atoms with van der Waals surface area (Å²) in [4.78, 5) is 26.4. The maximum atomic E-state index is 12.3. The highest BCUT2D eigenvalue weighted by Gasteiger charge is 2.26. The number of hydrogen-bond acceptors (Lipinski definition) is 5. The van der Waals surface area contributed by atoms with Gasteiger partial charge < -0.3 is 4.90 Å². The summed E-state index contributed by atoms with van der Waals surface area (Å²) >= 11 is 0. The Hall–Kier alpha value is -2.51. The molecule has 2 aromatic heterocycles. The topological polar surface area (TPSA) is 96.8 Å². The maximum absolute atomic E-state index is 12.3. The zero-order valence-corrected chi connectivity index (χ0v) is 14.1. The molecule has 0 unspecified atom stereocenters. The fourth-order valence-electron chi connectivity index (χ4n) is 3.76. The lowest BCUT2D eigenvalue weighted by atomic mass is 9.95. The summed E-state index contributed by atoms with van der Waals surface area (Å²) < 4.78 is 1.63. The number of likely N-dealkylation sites (tertiary alicyclic amines) is 1. The molecule has 2 aliphatic rings. The molecule has 1 fully saturated rings. The van der Waals surface area contributed by atoms with Gasteiger partial charge in [-0.05, 0) is 50.0 Å². The van der Waals surface area contributed by atoms with Gasteiger partial charge in [0.25, 0.3) is 11.5 Å². The highest BCUT2D eigenvalue weighted by Crippen LogP contribution is 2.21. The molecule has 0 spiro atoms. The van der Waals surface area contributed by atoms with Crippen molar-refractivity contribution in [1.82, 2.24) is 30.1 Å². The second-order valence-corrected chi connectivity index (χ2v) is 6.93. The van der Waals surface area contributed by atoms with E-state index in [9.17, 15) is 9.59 Å². The van der Waals surface area contributed by atoms with Crippen LogP contribution in [0.2, 0.25) is 0 Å². The molecule has 0 saturated carbocycles. The molecule has 1 aliphatic heterocycles. The van der Waals surface area contributed by atoms with E-state index >= 15 is 0 Å². The molecule has 8 heteroatoms. The van der Waals surface area contributed by atoms with E-state index in [-0.39, 0.29) is 11.5 Å². The molecule has 25 heavy (non-hydrogen) atoms. The molecule has 1 saturated heterocycles. The lowest BCUT2D eigenvalue weighted by Crippen LogP contribution is -2.40. The molecule has 3 heterocycles. The van der Waals surface area contributed by atoms with Crippen molar-refractivity contribution in [2.75, 3.05) is 13.1 Å². The highest BCUT2D eigenvalue weighted by atomic mass is 16.2. The zero-order chi connectivity index (χ0) is 17.2. The minimum atomic E-state index is -0.0868. The Morgan fingerprint density at radius 3 is 2.80 bits per heavy atom. The average Bonchev–Trinajstić information content (AvgIpc) is 3.17. The lowest BCUT2D eigenvalue weighted by Gasteiger charge is -2.31. The lowest BCUT2D eigenvalue weighted by molar-refractivity contribution is 0.0674. The third-order valence-electron chi connectivity index (χ3n) is 5.24. The fourth-order valence-corrected chi connectivity index (χ4v) is 3.76. The summed E-state index contributed by atoms with van der Waals surface area (Å²) in [5.74, 6) is 0.282. The summed E-state index contributed by atoms with van der Waals surface area (Å²) in [6, 6.07) is 1.77. The van der Waals surface area contributed by atoms with Crippen LogP contribution in [0.25, 0.3) is 0 Å². The number of carbonyl (C=O) groups is 1. The van der Waals surface area contributed by atoms with Crippen LogP contribution in [0.5, 0.6) is 0 Å².